The van der Waals surface area contributed by atoms with Crippen molar-refractivity contribution in [2.75, 3.05) is 26.0 Å². The Balaban J connectivity index is 2.26. The summed E-state index contributed by atoms with van der Waals surface area (Å²) in [5.74, 6) is 1.16. The zero-order valence-corrected chi connectivity index (χ0v) is 11.5. The van der Waals surface area contributed by atoms with Crippen molar-refractivity contribution < 1.29 is 4.74 Å². The third-order valence-corrected chi connectivity index (χ3v) is 4.42. The van der Waals surface area contributed by atoms with Gasteiger partial charge in [-0.1, -0.05) is 25.6 Å². The van der Waals surface area contributed by atoms with Crippen LogP contribution in [0.15, 0.2) is 4.99 Å². The zero-order valence-electron chi connectivity index (χ0n) is 10.7. The average molecular weight is 244 g/mol. The molecule has 1 aliphatic rings. The van der Waals surface area contributed by atoms with Gasteiger partial charge in [-0.05, 0) is 25.7 Å². The van der Waals surface area contributed by atoms with E-state index in [0.29, 0.717) is 5.54 Å². The standard InChI is InChI=1S/C12H24N2OS/c1-4-12(5-2)10-16-11(14-12)13-8-6-7-9-15-3/h4-10H2,1-3H3,(H,13,14). The van der Waals surface area contributed by atoms with Crippen LogP contribution in [-0.4, -0.2) is 36.7 Å². The van der Waals surface area contributed by atoms with Gasteiger partial charge in [-0.25, -0.2) is 0 Å². The molecule has 1 rings (SSSR count). The van der Waals surface area contributed by atoms with E-state index in [0.717, 1.165) is 36.9 Å². The maximum Gasteiger partial charge on any atom is 0.157 e. The highest BCUT2D eigenvalue weighted by Crippen LogP contribution is 2.28. The Morgan fingerprint density at radius 2 is 2.12 bits per heavy atom. The monoisotopic (exact) mass is 244 g/mol. The van der Waals surface area contributed by atoms with Gasteiger partial charge in [0, 0.05) is 31.6 Å². The lowest BCUT2D eigenvalue weighted by Crippen LogP contribution is -2.42. The fourth-order valence-corrected chi connectivity index (χ4v) is 3.13. The summed E-state index contributed by atoms with van der Waals surface area (Å²) < 4.78 is 5.01. The van der Waals surface area contributed by atoms with E-state index < -0.39 is 0 Å². The van der Waals surface area contributed by atoms with Gasteiger partial charge in [0.05, 0.1) is 0 Å². The fraction of sp³-hybridized carbons (Fsp3) is 0.917. The first kappa shape index (κ1) is 13.8. The molecule has 0 aromatic rings. The lowest BCUT2D eigenvalue weighted by molar-refractivity contribution is 0.193. The van der Waals surface area contributed by atoms with E-state index in [9.17, 15) is 0 Å². The Kier molecular flexibility index (Phi) is 6.21. The molecule has 4 heteroatoms. The molecule has 16 heavy (non-hydrogen) atoms. The van der Waals surface area contributed by atoms with Crippen LogP contribution in [0.5, 0.6) is 0 Å². The van der Waals surface area contributed by atoms with Crippen LogP contribution in [0.3, 0.4) is 0 Å². The third-order valence-electron chi connectivity index (χ3n) is 3.22. The lowest BCUT2D eigenvalue weighted by atomic mass is 9.96. The topological polar surface area (TPSA) is 33.6 Å². The van der Waals surface area contributed by atoms with Crippen LogP contribution < -0.4 is 5.32 Å². The molecule has 3 nitrogen and oxygen atoms in total. The van der Waals surface area contributed by atoms with E-state index in [1.807, 2.05) is 11.8 Å². The molecule has 1 fully saturated rings. The van der Waals surface area contributed by atoms with E-state index in [2.05, 4.69) is 24.2 Å². The predicted molar refractivity (Wildman–Crippen MR) is 72.3 cm³/mol. The predicted octanol–water partition coefficient (Wildman–Crippen LogP) is 2.66. The molecule has 0 aliphatic carbocycles. The molecule has 0 spiro atoms. The minimum Gasteiger partial charge on any atom is -0.385 e. The summed E-state index contributed by atoms with van der Waals surface area (Å²) in [7, 11) is 1.75. The normalized spacial score (nSPS) is 21.3. The van der Waals surface area contributed by atoms with Gasteiger partial charge in [-0.2, -0.15) is 0 Å². The number of methoxy groups -OCH3 is 1. The molecule has 0 radical (unpaired) electrons. The van der Waals surface area contributed by atoms with Crippen LogP contribution in [0, 0.1) is 0 Å². The van der Waals surface area contributed by atoms with Gasteiger partial charge in [-0.3, -0.25) is 4.99 Å². The van der Waals surface area contributed by atoms with Crippen LogP contribution in [0.25, 0.3) is 0 Å². The second-order valence-corrected chi connectivity index (χ2v) is 5.25. The fourth-order valence-electron chi connectivity index (χ4n) is 1.76. The van der Waals surface area contributed by atoms with Crippen molar-refractivity contribution in [3.05, 3.63) is 0 Å². The molecular weight excluding hydrogens is 220 g/mol. The number of unbranched alkanes of at least 4 members (excludes halogenated alkanes) is 1. The Labute approximate surface area is 103 Å². The highest BCUT2D eigenvalue weighted by Gasteiger charge is 2.33. The summed E-state index contributed by atoms with van der Waals surface area (Å²) in [5, 5.41) is 4.72. The molecular formula is C12H24N2OS. The molecule has 0 amide bonds. The number of ether oxygens (including phenoxy) is 1. The Hall–Kier alpha value is -0.220. The molecule has 1 aliphatic heterocycles. The second-order valence-electron chi connectivity index (χ2n) is 4.29. The van der Waals surface area contributed by atoms with Crippen molar-refractivity contribution in [3.8, 4) is 0 Å². The molecule has 0 atom stereocenters. The molecule has 0 aromatic carbocycles. The summed E-state index contributed by atoms with van der Waals surface area (Å²) in [6, 6.07) is 0. The highest BCUT2D eigenvalue weighted by atomic mass is 32.2. The van der Waals surface area contributed by atoms with Crippen LogP contribution in [-0.2, 0) is 4.74 Å². The summed E-state index contributed by atoms with van der Waals surface area (Å²) in [5.41, 5.74) is 0.302. The molecule has 1 heterocycles. The molecule has 1 saturated heterocycles. The van der Waals surface area contributed by atoms with E-state index in [1.165, 1.54) is 12.8 Å². The van der Waals surface area contributed by atoms with Crippen molar-refractivity contribution >= 4 is 16.9 Å². The van der Waals surface area contributed by atoms with Crippen LogP contribution >= 0.6 is 11.8 Å². The lowest BCUT2D eigenvalue weighted by Gasteiger charge is -2.25. The Morgan fingerprint density at radius 3 is 2.69 bits per heavy atom. The van der Waals surface area contributed by atoms with Gasteiger partial charge in [0.25, 0.3) is 0 Å². The van der Waals surface area contributed by atoms with Gasteiger partial charge in [0.1, 0.15) is 0 Å². The maximum absolute atomic E-state index is 5.01. The smallest absolute Gasteiger partial charge is 0.157 e. The van der Waals surface area contributed by atoms with Crippen LogP contribution in [0.4, 0.5) is 0 Å². The van der Waals surface area contributed by atoms with Crippen molar-refractivity contribution in [1.82, 2.24) is 5.32 Å². The van der Waals surface area contributed by atoms with Crippen molar-refractivity contribution in [1.29, 1.82) is 0 Å². The molecule has 0 saturated carbocycles. The summed E-state index contributed by atoms with van der Waals surface area (Å²) in [6.45, 7) is 6.26. The minimum atomic E-state index is 0.302. The van der Waals surface area contributed by atoms with Gasteiger partial charge in [0.2, 0.25) is 0 Å². The zero-order chi connectivity index (χ0) is 11.9. The highest BCUT2D eigenvalue weighted by molar-refractivity contribution is 8.14. The first-order valence-corrected chi connectivity index (χ1v) is 7.19. The quantitative estimate of drug-likeness (QED) is 0.699. The number of nitrogens with one attached hydrogen (secondary N) is 1. The maximum atomic E-state index is 5.01. The summed E-state index contributed by atoms with van der Waals surface area (Å²) in [6.07, 6.45) is 4.58. The van der Waals surface area contributed by atoms with Crippen molar-refractivity contribution in [2.24, 2.45) is 4.99 Å². The number of nitrogens with zero attached hydrogens (tertiary/aromatic N) is 1. The first-order valence-electron chi connectivity index (χ1n) is 6.20. The number of amidine groups is 1. The first-order chi connectivity index (χ1) is 7.76. The minimum absolute atomic E-state index is 0.302. The molecule has 0 aromatic heterocycles. The van der Waals surface area contributed by atoms with E-state index in [4.69, 9.17) is 4.74 Å². The Morgan fingerprint density at radius 1 is 1.38 bits per heavy atom. The SMILES string of the molecule is CCC1(CC)CSC(=NCCCCOC)N1. The van der Waals surface area contributed by atoms with Crippen LogP contribution in [0.2, 0.25) is 0 Å². The third kappa shape index (κ3) is 3.98. The number of thioether (sulfide) groups is 1. The van der Waals surface area contributed by atoms with E-state index in [1.54, 1.807) is 7.11 Å². The number of hydrogen-bond acceptors (Lipinski definition) is 3. The van der Waals surface area contributed by atoms with E-state index >= 15 is 0 Å². The van der Waals surface area contributed by atoms with Gasteiger partial charge >= 0.3 is 0 Å². The number of hydrogen-bond donors (Lipinski definition) is 1. The second kappa shape index (κ2) is 7.17. The van der Waals surface area contributed by atoms with Crippen LogP contribution in [0.1, 0.15) is 39.5 Å². The van der Waals surface area contributed by atoms with Gasteiger partial charge in [-0.15, -0.1) is 0 Å². The van der Waals surface area contributed by atoms with Gasteiger partial charge < -0.3 is 10.1 Å². The summed E-state index contributed by atoms with van der Waals surface area (Å²) >= 11 is 1.87. The molecule has 94 valence electrons. The Bertz CT molecular complexity index is 227. The van der Waals surface area contributed by atoms with Gasteiger partial charge in [0.15, 0.2) is 5.17 Å². The molecule has 0 unspecified atom stereocenters. The number of aliphatic imine (C=N–C) groups is 1. The molecule has 0 bridgehead atoms. The van der Waals surface area contributed by atoms with Crippen molar-refractivity contribution in [2.45, 2.75) is 45.1 Å². The molecule has 1 N–H and O–H groups in total. The van der Waals surface area contributed by atoms with Crippen molar-refractivity contribution in [3.63, 3.8) is 0 Å². The van der Waals surface area contributed by atoms with E-state index in [-0.39, 0.29) is 0 Å². The average Bonchev–Trinajstić information content (AvgIpc) is 2.73. The largest absolute Gasteiger partial charge is 0.385 e. The summed E-state index contributed by atoms with van der Waals surface area (Å²) in [4.78, 5) is 4.60. The number of rotatable bonds is 7.